The number of hydrogen-bond donors (Lipinski definition) is 0. The number of hydrogen-bond acceptors (Lipinski definition) is 1. The smallest absolute Gasteiger partial charge is 0.136 e. The minimum absolute atomic E-state index is 0.321. The van der Waals surface area contributed by atoms with Gasteiger partial charge in [-0.3, -0.25) is 4.79 Å². The fourth-order valence-electron chi connectivity index (χ4n) is 2.82. The topological polar surface area (TPSA) is 17.1 Å². The third-order valence-electron chi connectivity index (χ3n) is 4.30. The molecule has 1 rings (SSSR count). The van der Waals surface area contributed by atoms with Gasteiger partial charge in [-0.15, -0.1) is 0 Å². The van der Waals surface area contributed by atoms with E-state index in [-0.39, 0.29) is 0 Å². The summed E-state index contributed by atoms with van der Waals surface area (Å²) in [5.41, 5.74) is 4.33. The highest BCUT2D eigenvalue weighted by molar-refractivity contribution is 5.82. The number of carbonyl (C=O) groups is 1. The Hall–Kier alpha value is -1.11. The van der Waals surface area contributed by atoms with E-state index in [0.717, 1.165) is 44.9 Å². The van der Waals surface area contributed by atoms with Gasteiger partial charge in [0, 0.05) is 12.3 Å². The summed E-state index contributed by atoms with van der Waals surface area (Å²) in [5.74, 6) is 0.801. The first-order valence-electron chi connectivity index (χ1n) is 8.46. The second kappa shape index (κ2) is 9.76. The van der Waals surface area contributed by atoms with Crippen LogP contribution in [-0.4, -0.2) is 5.78 Å². The van der Waals surface area contributed by atoms with Crippen LogP contribution in [0.4, 0.5) is 0 Å². The lowest BCUT2D eigenvalue weighted by molar-refractivity contribution is -0.120. The van der Waals surface area contributed by atoms with Gasteiger partial charge < -0.3 is 0 Å². The predicted molar refractivity (Wildman–Crippen MR) is 92.4 cm³/mol. The van der Waals surface area contributed by atoms with Crippen molar-refractivity contribution < 1.29 is 4.79 Å². The molecule has 0 spiro atoms. The zero-order valence-corrected chi connectivity index (χ0v) is 14.4. The van der Waals surface area contributed by atoms with Crippen LogP contribution in [0.2, 0.25) is 0 Å². The SMILES string of the molecule is CC(C)=CCCC(C)=CCCC(C)=CCC1CCCC1=O. The summed E-state index contributed by atoms with van der Waals surface area (Å²) in [6.07, 6.45) is 15.5. The first-order valence-corrected chi connectivity index (χ1v) is 8.46. The minimum atomic E-state index is 0.321. The zero-order chi connectivity index (χ0) is 15.7. The Morgan fingerprint density at radius 3 is 2.19 bits per heavy atom. The van der Waals surface area contributed by atoms with Crippen molar-refractivity contribution in [2.24, 2.45) is 5.92 Å². The first-order chi connectivity index (χ1) is 9.99. The largest absolute Gasteiger partial charge is 0.299 e. The molecule has 1 fully saturated rings. The number of rotatable bonds is 8. The molecule has 21 heavy (non-hydrogen) atoms. The highest BCUT2D eigenvalue weighted by atomic mass is 16.1. The molecule has 1 heteroatoms. The van der Waals surface area contributed by atoms with E-state index in [2.05, 4.69) is 45.9 Å². The predicted octanol–water partition coefficient (Wildman–Crippen LogP) is 6.16. The van der Waals surface area contributed by atoms with Gasteiger partial charge in [0.1, 0.15) is 5.78 Å². The van der Waals surface area contributed by atoms with Gasteiger partial charge in [0.05, 0.1) is 0 Å². The summed E-state index contributed by atoms with van der Waals surface area (Å²) >= 11 is 0. The molecule has 0 aromatic rings. The van der Waals surface area contributed by atoms with Crippen molar-refractivity contribution in [3.63, 3.8) is 0 Å². The first kappa shape index (κ1) is 17.9. The molecule has 0 amide bonds. The van der Waals surface area contributed by atoms with Crippen LogP contribution in [0.15, 0.2) is 34.9 Å². The van der Waals surface area contributed by atoms with E-state index in [0.29, 0.717) is 11.7 Å². The molecular formula is C20H32O. The average molecular weight is 288 g/mol. The normalized spacial score (nSPS) is 20.0. The van der Waals surface area contributed by atoms with E-state index in [1.807, 2.05) is 0 Å². The second-order valence-electron chi connectivity index (χ2n) is 6.75. The molecule has 118 valence electrons. The Balaban J connectivity index is 2.23. The third-order valence-corrected chi connectivity index (χ3v) is 4.30. The van der Waals surface area contributed by atoms with Crippen molar-refractivity contribution in [3.8, 4) is 0 Å². The van der Waals surface area contributed by atoms with Gasteiger partial charge in [-0.1, -0.05) is 34.9 Å². The molecular weight excluding hydrogens is 256 g/mol. The van der Waals surface area contributed by atoms with Gasteiger partial charge in [-0.25, -0.2) is 0 Å². The van der Waals surface area contributed by atoms with Gasteiger partial charge >= 0.3 is 0 Å². The molecule has 1 atom stereocenters. The molecule has 0 radical (unpaired) electrons. The number of ketones is 1. The Labute approximate surface area is 131 Å². The quantitative estimate of drug-likeness (QED) is 0.488. The lowest BCUT2D eigenvalue weighted by Crippen LogP contribution is -2.04. The van der Waals surface area contributed by atoms with Crippen molar-refractivity contribution in [2.75, 3.05) is 0 Å². The molecule has 0 N–H and O–H groups in total. The molecule has 1 aliphatic carbocycles. The van der Waals surface area contributed by atoms with Crippen LogP contribution < -0.4 is 0 Å². The van der Waals surface area contributed by atoms with Crippen LogP contribution in [0.3, 0.4) is 0 Å². The summed E-state index contributed by atoms with van der Waals surface area (Å²) < 4.78 is 0. The molecule has 0 aromatic carbocycles. The number of allylic oxidation sites excluding steroid dienone is 6. The maximum Gasteiger partial charge on any atom is 0.136 e. The fourth-order valence-corrected chi connectivity index (χ4v) is 2.82. The molecule has 1 nitrogen and oxygen atoms in total. The lowest BCUT2D eigenvalue weighted by atomic mass is 10.00. The van der Waals surface area contributed by atoms with E-state index >= 15 is 0 Å². The van der Waals surface area contributed by atoms with Crippen LogP contribution in [-0.2, 0) is 4.79 Å². The zero-order valence-electron chi connectivity index (χ0n) is 14.4. The molecule has 0 aromatic heterocycles. The van der Waals surface area contributed by atoms with Crippen molar-refractivity contribution in [3.05, 3.63) is 34.9 Å². The average Bonchev–Trinajstić information content (AvgIpc) is 2.81. The van der Waals surface area contributed by atoms with Gasteiger partial charge in [-0.05, 0) is 72.6 Å². The third kappa shape index (κ3) is 8.04. The lowest BCUT2D eigenvalue weighted by Gasteiger charge is -2.05. The van der Waals surface area contributed by atoms with Crippen LogP contribution in [0.25, 0.3) is 0 Å². The fraction of sp³-hybridized carbons (Fsp3) is 0.650. The highest BCUT2D eigenvalue weighted by Crippen LogP contribution is 2.25. The van der Waals surface area contributed by atoms with Crippen LogP contribution >= 0.6 is 0 Å². The Bertz CT molecular complexity index is 419. The summed E-state index contributed by atoms with van der Waals surface area (Å²) in [4.78, 5) is 11.6. The van der Waals surface area contributed by atoms with E-state index in [9.17, 15) is 4.79 Å². The van der Waals surface area contributed by atoms with Gasteiger partial charge in [0.2, 0.25) is 0 Å². The molecule has 1 unspecified atom stereocenters. The van der Waals surface area contributed by atoms with E-state index < -0.39 is 0 Å². The monoisotopic (exact) mass is 288 g/mol. The highest BCUT2D eigenvalue weighted by Gasteiger charge is 2.22. The van der Waals surface area contributed by atoms with Crippen molar-refractivity contribution in [1.82, 2.24) is 0 Å². The Morgan fingerprint density at radius 2 is 1.62 bits per heavy atom. The molecule has 0 bridgehead atoms. The summed E-state index contributed by atoms with van der Waals surface area (Å²) in [7, 11) is 0. The van der Waals surface area contributed by atoms with E-state index in [1.54, 1.807) is 0 Å². The summed E-state index contributed by atoms with van der Waals surface area (Å²) in [6, 6.07) is 0. The molecule has 0 aliphatic heterocycles. The van der Waals surface area contributed by atoms with Gasteiger partial charge in [0.15, 0.2) is 0 Å². The van der Waals surface area contributed by atoms with Crippen LogP contribution in [0, 0.1) is 5.92 Å². The number of Topliss-reactive ketones (excluding diaryl/α,β-unsaturated/α-hetero) is 1. The summed E-state index contributed by atoms with van der Waals surface area (Å²) in [5, 5.41) is 0. The van der Waals surface area contributed by atoms with E-state index in [1.165, 1.54) is 23.1 Å². The molecule has 0 heterocycles. The van der Waals surface area contributed by atoms with Gasteiger partial charge in [-0.2, -0.15) is 0 Å². The van der Waals surface area contributed by atoms with Crippen LogP contribution in [0.5, 0.6) is 0 Å². The maximum atomic E-state index is 11.6. The minimum Gasteiger partial charge on any atom is -0.299 e. The number of carbonyl (C=O) groups excluding carboxylic acids is 1. The second-order valence-corrected chi connectivity index (χ2v) is 6.75. The van der Waals surface area contributed by atoms with Crippen LogP contribution in [0.1, 0.15) is 79.1 Å². The summed E-state index contributed by atoms with van der Waals surface area (Å²) in [6.45, 7) is 8.74. The Morgan fingerprint density at radius 1 is 1.00 bits per heavy atom. The standard InChI is InChI=1S/C20H32O/c1-16(2)8-5-9-17(3)10-6-11-18(4)14-15-19-12-7-13-20(19)21/h8,10,14,19H,5-7,9,11-13,15H2,1-4H3. The maximum absolute atomic E-state index is 11.6. The molecule has 1 aliphatic rings. The molecule has 0 saturated heterocycles. The van der Waals surface area contributed by atoms with Crippen molar-refractivity contribution >= 4 is 5.78 Å². The van der Waals surface area contributed by atoms with Gasteiger partial charge in [0.25, 0.3) is 0 Å². The van der Waals surface area contributed by atoms with E-state index in [4.69, 9.17) is 0 Å². The molecule has 1 saturated carbocycles. The van der Waals surface area contributed by atoms with Crippen molar-refractivity contribution in [1.29, 1.82) is 0 Å². The Kier molecular flexibility index (Phi) is 8.34. The van der Waals surface area contributed by atoms with Crippen molar-refractivity contribution in [2.45, 2.75) is 79.1 Å².